The van der Waals surface area contributed by atoms with Gasteiger partial charge in [0.05, 0.1) is 13.4 Å². The van der Waals surface area contributed by atoms with Crippen LogP contribution in [0.25, 0.3) is 0 Å². The third-order valence-corrected chi connectivity index (χ3v) is 4.70. The van der Waals surface area contributed by atoms with Crippen molar-refractivity contribution < 1.29 is 9.90 Å². The largest absolute Gasteiger partial charge is 0.400 e. The number of nitrogens with zero attached hydrogens (tertiary/aromatic N) is 2. The maximum Gasteiger partial charge on any atom is 0.253 e. The average Bonchev–Trinajstić information content (AvgIpc) is 2.40. The highest BCUT2D eigenvalue weighted by molar-refractivity contribution is 6.36. The van der Waals surface area contributed by atoms with Gasteiger partial charge in [-0.3, -0.25) is 4.79 Å². The van der Waals surface area contributed by atoms with Gasteiger partial charge >= 0.3 is 0 Å². The lowest BCUT2D eigenvalue weighted by Crippen LogP contribution is -2.57. The second kappa shape index (κ2) is 6.76. The summed E-state index contributed by atoms with van der Waals surface area (Å²) in [6.07, 6.45) is 0.657. The molecule has 0 spiro atoms. The number of nitrogens with two attached hydrogens (primary N) is 1. The van der Waals surface area contributed by atoms with Crippen molar-refractivity contribution in [2.75, 3.05) is 10.6 Å². The zero-order valence-electron chi connectivity index (χ0n) is 16.3. The van der Waals surface area contributed by atoms with Crippen LogP contribution < -0.4 is 22.0 Å². The molecule has 1 aromatic heterocycles. The molecule has 3 atom stereocenters. The van der Waals surface area contributed by atoms with Crippen LogP contribution in [0, 0.1) is 0 Å². The minimum atomic E-state index is -1.72. The van der Waals surface area contributed by atoms with E-state index in [1.165, 1.54) is 0 Å². The summed E-state index contributed by atoms with van der Waals surface area (Å²) < 4.78 is 0. The minimum absolute atomic E-state index is 0.0701. The Morgan fingerprint density at radius 3 is 2.30 bits per heavy atom. The molecule has 0 aliphatic heterocycles. The number of nitrogens with one attached hydrogen (secondary N) is 2. The van der Waals surface area contributed by atoms with E-state index in [9.17, 15) is 9.90 Å². The smallest absolute Gasteiger partial charge is 0.253 e. The van der Waals surface area contributed by atoms with Gasteiger partial charge in [-0.15, -0.1) is 0 Å². The molecule has 0 saturated heterocycles. The lowest BCUT2D eigenvalue weighted by atomic mass is 9.41. The van der Waals surface area contributed by atoms with Gasteiger partial charge in [0, 0.05) is 22.1 Å². The highest BCUT2D eigenvalue weighted by Crippen LogP contribution is 2.49. The molecule has 11 heteroatoms. The third kappa shape index (κ3) is 4.81. The Morgan fingerprint density at radius 1 is 1.22 bits per heavy atom. The van der Waals surface area contributed by atoms with Gasteiger partial charge in [-0.05, 0) is 38.9 Å². The van der Waals surface area contributed by atoms with Crippen molar-refractivity contribution >= 4 is 54.7 Å². The van der Waals surface area contributed by atoms with Crippen LogP contribution in [0.5, 0.6) is 0 Å². The number of carbonyl (C=O) groups is 1. The van der Waals surface area contributed by atoms with Gasteiger partial charge in [0.15, 0.2) is 0 Å². The van der Waals surface area contributed by atoms with Crippen molar-refractivity contribution in [3.8, 4) is 0 Å². The maximum atomic E-state index is 11.9. The van der Waals surface area contributed by atoms with Gasteiger partial charge in [0.25, 0.3) is 5.91 Å². The monoisotopic (exact) mass is 361 g/mol. The molecule has 27 heavy (non-hydrogen) atoms. The van der Waals surface area contributed by atoms with Gasteiger partial charge in [0.2, 0.25) is 5.95 Å². The molecule has 1 aliphatic rings. The first-order valence-corrected chi connectivity index (χ1v) is 8.68. The molecule has 3 unspecified atom stereocenters. The normalized spacial score (nSPS) is 31.3. The molecule has 1 amide bonds. The fourth-order valence-electron chi connectivity index (χ4n) is 3.02. The van der Waals surface area contributed by atoms with Crippen LogP contribution in [0.4, 0.5) is 11.8 Å². The Morgan fingerprint density at radius 2 is 1.81 bits per heavy atom. The molecule has 1 aliphatic carbocycles. The second-order valence-corrected chi connectivity index (χ2v) is 8.69. The highest BCUT2D eigenvalue weighted by atomic mass is 16.3. The average molecular weight is 361 g/mol. The van der Waals surface area contributed by atoms with E-state index in [0.717, 1.165) is 0 Å². The topological polar surface area (TPSA) is 113 Å². The van der Waals surface area contributed by atoms with Gasteiger partial charge in [-0.2, -0.15) is 4.98 Å². The van der Waals surface area contributed by atoms with E-state index in [1.54, 1.807) is 6.92 Å². The van der Waals surface area contributed by atoms with Crippen molar-refractivity contribution in [3.05, 3.63) is 5.56 Å². The first kappa shape index (κ1) is 21.7. The molecule has 0 aromatic carbocycles. The van der Waals surface area contributed by atoms with Crippen LogP contribution in [0.15, 0.2) is 0 Å². The Bertz CT molecular complexity index is 751. The Hall–Kier alpha value is -1.63. The summed E-state index contributed by atoms with van der Waals surface area (Å²) in [5.41, 5.74) is 2.04. The van der Waals surface area contributed by atoms with Crippen LogP contribution in [0.3, 0.4) is 0 Å². The van der Waals surface area contributed by atoms with Crippen LogP contribution in [0.2, 0.25) is 5.31 Å². The summed E-state index contributed by atoms with van der Waals surface area (Å²) in [6, 6.07) is 0. The SMILES string of the molecule is [B]c1nc(NC(C)(C)C)nc(NC2([B])CCC([B])(C)C([B])(O)C2)c1C(N)=O. The van der Waals surface area contributed by atoms with Crippen LogP contribution in [0.1, 0.15) is 57.3 Å². The summed E-state index contributed by atoms with van der Waals surface area (Å²) in [6.45, 7) is 7.42. The number of primary amides is 1. The number of hydrogen-bond acceptors (Lipinski definition) is 6. The molecule has 1 fully saturated rings. The fourth-order valence-corrected chi connectivity index (χ4v) is 3.02. The second-order valence-electron chi connectivity index (χ2n) is 8.69. The number of aliphatic hydroxyl groups is 1. The number of anilines is 2. The summed E-state index contributed by atoms with van der Waals surface area (Å²) in [4.78, 5) is 20.3. The zero-order chi connectivity index (χ0) is 20.8. The molecule has 2 rings (SSSR count). The predicted molar refractivity (Wildman–Crippen MR) is 110 cm³/mol. The van der Waals surface area contributed by atoms with Crippen LogP contribution >= 0.6 is 0 Å². The quantitative estimate of drug-likeness (QED) is 0.525. The summed E-state index contributed by atoms with van der Waals surface area (Å²) in [5, 5.41) is 15.6. The molecule has 1 saturated carbocycles. The van der Waals surface area contributed by atoms with Gasteiger partial charge < -0.3 is 21.5 Å². The van der Waals surface area contributed by atoms with Gasteiger partial charge in [-0.25, -0.2) is 4.98 Å². The maximum absolute atomic E-state index is 11.9. The van der Waals surface area contributed by atoms with Crippen molar-refractivity contribution in [2.45, 2.75) is 68.7 Å². The summed E-state index contributed by atoms with van der Waals surface area (Å²) in [5.74, 6) is -0.525. The summed E-state index contributed by atoms with van der Waals surface area (Å²) in [7, 11) is 24.4. The Balaban J connectivity index is 2.43. The molecule has 1 heterocycles. The van der Waals surface area contributed by atoms with E-state index in [1.807, 2.05) is 20.8 Å². The van der Waals surface area contributed by atoms with E-state index in [4.69, 9.17) is 37.1 Å². The lowest BCUT2D eigenvalue weighted by Gasteiger charge is -2.53. The molecule has 1 aromatic rings. The lowest BCUT2D eigenvalue weighted by molar-refractivity contribution is 0.0347. The van der Waals surface area contributed by atoms with Crippen LogP contribution in [-0.2, 0) is 0 Å². The zero-order valence-corrected chi connectivity index (χ0v) is 16.3. The van der Waals surface area contributed by atoms with Crippen molar-refractivity contribution in [3.63, 3.8) is 0 Å². The molecule has 8 radical (unpaired) electrons. The molecule has 5 N–H and O–H groups in total. The third-order valence-electron chi connectivity index (χ3n) is 4.70. The highest BCUT2D eigenvalue weighted by Gasteiger charge is 2.48. The number of rotatable bonds is 4. The number of amides is 1. The number of aromatic nitrogens is 2. The molecule has 7 nitrogen and oxygen atoms in total. The van der Waals surface area contributed by atoms with E-state index >= 15 is 0 Å². The molecular formula is C16H23B4N5O2. The fraction of sp³-hybridized carbons (Fsp3) is 0.688. The van der Waals surface area contributed by atoms with E-state index < -0.39 is 22.2 Å². The van der Waals surface area contributed by atoms with E-state index in [-0.39, 0.29) is 34.9 Å². The van der Waals surface area contributed by atoms with Gasteiger partial charge in [-0.1, -0.05) is 13.3 Å². The van der Waals surface area contributed by atoms with Crippen molar-refractivity contribution in [1.29, 1.82) is 0 Å². The first-order valence-electron chi connectivity index (χ1n) is 8.68. The number of carbonyl (C=O) groups excluding carboxylic acids is 1. The van der Waals surface area contributed by atoms with Crippen molar-refractivity contribution in [1.82, 2.24) is 9.97 Å². The first-order chi connectivity index (χ1) is 12.1. The molecule has 136 valence electrons. The Kier molecular flexibility index (Phi) is 5.43. The van der Waals surface area contributed by atoms with Gasteiger partial charge in [0.1, 0.15) is 29.4 Å². The minimum Gasteiger partial charge on any atom is -0.400 e. The predicted octanol–water partition coefficient (Wildman–Crippen LogP) is -0.755. The Labute approximate surface area is 165 Å². The van der Waals surface area contributed by atoms with E-state index in [0.29, 0.717) is 12.8 Å². The van der Waals surface area contributed by atoms with Crippen molar-refractivity contribution in [2.24, 2.45) is 5.73 Å². The van der Waals surface area contributed by atoms with E-state index in [2.05, 4.69) is 20.6 Å². The van der Waals surface area contributed by atoms with Crippen LogP contribution in [-0.4, -0.2) is 68.8 Å². The molecular weight excluding hydrogens is 337 g/mol. The standard InChI is InChI=1S/C16H23B4N5O2/c1-13(2,3)25-12-22-9(17)8(10(21)26)11(23-12)24-15(19)6-5-14(4,18)16(20,27)7-15/h27H,5-7H2,1-4H3,(H2,21,26)(H2,22,23,24,25). The molecule has 0 bridgehead atoms. The summed E-state index contributed by atoms with van der Waals surface area (Å²) >= 11 is 0. The number of hydrogen-bond donors (Lipinski definition) is 4.